The summed E-state index contributed by atoms with van der Waals surface area (Å²) < 4.78 is 11.3. The van der Waals surface area contributed by atoms with E-state index in [-0.39, 0.29) is 6.04 Å². The van der Waals surface area contributed by atoms with E-state index in [0.717, 1.165) is 17.3 Å². The molecule has 0 bridgehead atoms. The lowest BCUT2D eigenvalue weighted by Gasteiger charge is -2.25. The van der Waals surface area contributed by atoms with Gasteiger partial charge in [-0.1, -0.05) is 19.9 Å². The molecule has 1 aromatic carbocycles. The van der Waals surface area contributed by atoms with Gasteiger partial charge < -0.3 is 19.8 Å². The van der Waals surface area contributed by atoms with Gasteiger partial charge in [-0.15, -0.1) is 0 Å². The number of hydrogen-bond donors (Lipinski definition) is 2. The molecule has 0 radical (unpaired) electrons. The molecule has 0 spiro atoms. The quantitative estimate of drug-likeness (QED) is 0.887. The van der Waals surface area contributed by atoms with Crippen molar-refractivity contribution in [1.29, 1.82) is 0 Å². The van der Waals surface area contributed by atoms with Crippen LogP contribution >= 0.6 is 0 Å². The third-order valence-corrected chi connectivity index (χ3v) is 3.64. The zero-order chi connectivity index (χ0) is 14.7. The van der Waals surface area contributed by atoms with Gasteiger partial charge >= 0.3 is 0 Å². The van der Waals surface area contributed by atoms with Crippen LogP contribution in [0.4, 0.5) is 0 Å². The van der Waals surface area contributed by atoms with E-state index in [0.29, 0.717) is 25.7 Å². The molecule has 0 saturated heterocycles. The second-order valence-corrected chi connectivity index (χ2v) is 5.54. The normalized spacial score (nSPS) is 15.2. The Morgan fingerprint density at radius 3 is 2.76 bits per heavy atom. The number of benzene rings is 1. The van der Waals surface area contributed by atoms with E-state index in [4.69, 9.17) is 9.47 Å². The van der Waals surface area contributed by atoms with Crippen LogP contribution in [0, 0.1) is 5.92 Å². The first-order valence-corrected chi connectivity index (χ1v) is 7.35. The summed E-state index contributed by atoms with van der Waals surface area (Å²) in [4.78, 5) is 7.36. The summed E-state index contributed by atoms with van der Waals surface area (Å²) >= 11 is 0. The van der Waals surface area contributed by atoms with Gasteiger partial charge in [-0.05, 0) is 23.6 Å². The van der Waals surface area contributed by atoms with Crippen LogP contribution in [-0.4, -0.2) is 23.2 Å². The molecule has 112 valence electrons. The average molecular weight is 287 g/mol. The Bertz CT molecular complexity index is 581. The number of fused-ring (bicyclic) bond motifs is 1. The van der Waals surface area contributed by atoms with Crippen molar-refractivity contribution in [3.05, 3.63) is 42.0 Å². The van der Waals surface area contributed by atoms with Crippen molar-refractivity contribution >= 4 is 0 Å². The molecule has 0 aliphatic carbocycles. The number of aromatic amines is 1. The van der Waals surface area contributed by atoms with Gasteiger partial charge in [0, 0.05) is 18.4 Å². The molecule has 21 heavy (non-hydrogen) atoms. The van der Waals surface area contributed by atoms with Gasteiger partial charge in [0.05, 0.1) is 6.54 Å². The molecule has 1 aliphatic heterocycles. The number of imidazole rings is 1. The van der Waals surface area contributed by atoms with Gasteiger partial charge in [-0.3, -0.25) is 0 Å². The van der Waals surface area contributed by atoms with E-state index >= 15 is 0 Å². The highest BCUT2D eigenvalue weighted by molar-refractivity contribution is 5.44. The van der Waals surface area contributed by atoms with Crippen molar-refractivity contribution in [1.82, 2.24) is 15.3 Å². The summed E-state index contributed by atoms with van der Waals surface area (Å²) in [6.45, 7) is 6.36. The van der Waals surface area contributed by atoms with Crippen molar-refractivity contribution < 1.29 is 9.47 Å². The summed E-state index contributed by atoms with van der Waals surface area (Å²) in [5, 5.41) is 3.55. The Labute approximate surface area is 124 Å². The SMILES string of the molecule is CC(C)[C@@H](NCc1ncc[nH]1)c1ccc2c(c1)OCCO2. The third kappa shape index (κ3) is 3.19. The number of nitrogens with zero attached hydrogens (tertiary/aromatic N) is 1. The Kier molecular flexibility index (Phi) is 4.10. The van der Waals surface area contributed by atoms with Crippen LogP contribution in [0.3, 0.4) is 0 Å². The first-order valence-electron chi connectivity index (χ1n) is 7.35. The Morgan fingerprint density at radius 1 is 1.24 bits per heavy atom. The highest BCUT2D eigenvalue weighted by Crippen LogP contribution is 2.34. The van der Waals surface area contributed by atoms with Gasteiger partial charge in [0.15, 0.2) is 11.5 Å². The predicted octanol–water partition coefficient (Wildman–Crippen LogP) is 2.67. The number of hydrogen-bond acceptors (Lipinski definition) is 4. The van der Waals surface area contributed by atoms with Crippen molar-refractivity contribution in [2.45, 2.75) is 26.4 Å². The maximum Gasteiger partial charge on any atom is 0.161 e. The zero-order valence-corrected chi connectivity index (χ0v) is 12.4. The summed E-state index contributed by atoms with van der Waals surface area (Å²) in [7, 11) is 0. The molecule has 3 rings (SSSR count). The molecule has 0 amide bonds. The van der Waals surface area contributed by atoms with Gasteiger partial charge in [0.2, 0.25) is 0 Å². The smallest absolute Gasteiger partial charge is 0.161 e. The fraction of sp³-hybridized carbons (Fsp3) is 0.438. The van der Waals surface area contributed by atoms with Crippen LogP contribution in [0.2, 0.25) is 0 Å². The topological polar surface area (TPSA) is 59.2 Å². The van der Waals surface area contributed by atoms with Crippen LogP contribution in [0.15, 0.2) is 30.6 Å². The highest BCUT2D eigenvalue weighted by atomic mass is 16.6. The summed E-state index contributed by atoms with van der Waals surface area (Å²) in [6.07, 6.45) is 3.61. The van der Waals surface area contributed by atoms with E-state index in [1.807, 2.05) is 12.3 Å². The molecular weight excluding hydrogens is 266 g/mol. The first kappa shape index (κ1) is 13.9. The second kappa shape index (κ2) is 6.18. The molecular formula is C16H21N3O2. The molecule has 1 aromatic heterocycles. The molecule has 0 unspecified atom stereocenters. The van der Waals surface area contributed by atoms with E-state index in [1.165, 1.54) is 5.56 Å². The van der Waals surface area contributed by atoms with Crippen molar-refractivity contribution in [3.8, 4) is 11.5 Å². The van der Waals surface area contributed by atoms with E-state index in [2.05, 4.69) is 41.3 Å². The monoisotopic (exact) mass is 287 g/mol. The molecule has 2 heterocycles. The summed E-state index contributed by atoms with van der Waals surface area (Å²) in [5.74, 6) is 3.07. The molecule has 0 fully saturated rings. The molecule has 2 aromatic rings. The van der Waals surface area contributed by atoms with Gasteiger partial charge in [-0.25, -0.2) is 4.98 Å². The lowest BCUT2D eigenvalue weighted by Crippen LogP contribution is -2.26. The fourth-order valence-electron chi connectivity index (χ4n) is 2.59. The van der Waals surface area contributed by atoms with Gasteiger partial charge in [0.1, 0.15) is 19.0 Å². The van der Waals surface area contributed by atoms with Crippen molar-refractivity contribution in [3.63, 3.8) is 0 Å². The van der Waals surface area contributed by atoms with Crippen molar-refractivity contribution in [2.24, 2.45) is 5.92 Å². The largest absolute Gasteiger partial charge is 0.486 e. The van der Waals surface area contributed by atoms with Crippen molar-refractivity contribution in [2.75, 3.05) is 13.2 Å². The predicted molar refractivity (Wildman–Crippen MR) is 80.4 cm³/mol. The number of H-pyrrole nitrogens is 1. The number of aromatic nitrogens is 2. The lowest BCUT2D eigenvalue weighted by atomic mass is 9.95. The molecule has 5 heteroatoms. The number of rotatable bonds is 5. The Balaban J connectivity index is 1.76. The van der Waals surface area contributed by atoms with Gasteiger partial charge in [-0.2, -0.15) is 0 Å². The molecule has 5 nitrogen and oxygen atoms in total. The van der Waals surface area contributed by atoms with Crippen LogP contribution in [0.1, 0.15) is 31.3 Å². The summed E-state index contributed by atoms with van der Waals surface area (Å²) in [5.41, 5.74) is 1.21. The minimum atomic E-state index is 0.242. The Morgan fingerprint density at radius 2 is 2.05 bits per heavy atom. The van der Waals surface area contributed by atoms with Crippen LogP contribution in [0.5, 0.6) is 11.5 Å². The van der Waals surface area contributed by atoms with E-state index < -0.39 is 0 Å². The van der Waals surface area contributed by atoms with Gasteiger partial charge in [0.25, 0.3) is 0 Å². The summed E-state index contributed by atoms with van der Waals surface area (Å²) in [6, 6.07) is 6.42. The van der Waals surface area contributed by atoms with Crippen LogP contribution < -0.4 is 14.8 Å². The highest BCUT2D eigenvalue weighted by Gasteiger charge is 2.19. The van der Waals surface area contributed by atoms with E-state index in [1.54, 1.807) is 6.20 Å². The number of ether oxygens (including phenoxy) is 2. The molecule has 2 N–H and O–H groups in total. The fourth-order valence-corrected chi connectivity index (χ4v) is 2.59. The van der Waals surface area contributed by atoms with E-state index in [9.17, 15) is 0 Å². The van der Waals surface area contributed by atoms with Crippen LogP contribution in [-0.2, 0) is 6.54 Å². The standard InChI is InChI=1S/C16H21N3O2/c1-11(2)16(19-10-15-17-5-6-18-15)12-3-4-13-14(9-12)21-8-7-20-13/h3-6,9,11,16,19H,7-8,10H2,1-2H3,(H,17,18)/t16-/m1/s1. The second-order valence-electron chi connectivity index (χ2n) is 5.54. The van der Waals surface area contributed by atoms with Crippen LogP contribution in [0.25, 0.3) is 0 Å². The average Bonchev–Trinajstić information content (AvgIpc) is 3.00. The lowest BCUT2D eigenvalue weighted by molar-refractivity contribution is 0.171. The minimum Gasteiger partial charge on any atom is -0.486 e. The Hall–Kier alpha value is -2.01. The maximum atomic E-state index is 5.67. The first-order chi connectivity index (χ1) is 10.2. The molecule has 0 saturated carbocycles. The third-order valence-electron chi connectivity index (χ3n) is 3.64. The number of nitrogens with one attached hydrogen (secondary N) is 2. The minimum absolute atomic E-state index is 0.242. The molecule has 1 aliphatic rings. The molecule has 1 atom stereocenters. The zero-order valence-electron chi connectivity index (χ0n) is 12.4. The maximum absolute atomic E-state index is 5.67.